The lowest BCUT2D eigenvalue weighted by molar-refractivity contribution is -0.127. The van der Waals surface area contributed by atoms with Crippen molar-refractivity contribution in [3.05, 3.63) is 42.5 Å². The SMILES string of the molecule is C[C@H](NC(=O)[C@H](C)Nc1cccc2ccccc12)C(N)=O. The van der Waals surface area contributed by atoms with Gasteiger partial charge in [-0.3, -0.25) is 9.59 Å². The summed E-state index contributed by atoms with van der Waals surface area (Å²) in [6.45, 7) is 3.30. The van der Waals surface area contributed by atoms with E-state index in [1.165, 1.54) is 0 Å². The van der Waals surface area contributed by atoms with Gasteiger partial charge in [-0.05, 0) is 25.3 Å². The highest BCUT2D eigenvalue weighted by molar-refractivity contribution is 5.96. The van der Waals surface area contributed by atoms with Crippen LogP contribution in [0.5, 0.6) is 0 Å². The van der Waals surface area contributed by atoms with Gasteiger partial charge in [0.2, 0.25) is 11.8 Å². The number of carbonyl (C=O) groups is 2. The molecular formula is C16H19N3O2. The van der Waals surface area contributed by atoms with E-state index in [9.17, 15) is 9.59 Å². The molecule has 0 bridgehead atoms. The van der Waals surface area contributed by atoms with Gasteiger partial charge in [-0.15, -0.1) is 0 Å². The Balaban J connectivity index is 2.13. The predicted octanol–water partition coefficient (Wildman–Crippen LogP) is 1.63. The lowest BCUT2D eigenvalue weighted by Crippen LogP contribution is -2.47. The van der Waals surface area contributed by atoms with Gasteiger partial charge < -0.3 is 16.4 Å². The topological polar surface area (TPSA) is 84.2 Å². The van der Waals surface area contributed by atoms with Gasteiger partial charge in [-0.25, -0.2) is 0 Å². The third kappa shape index (κ3) is 3.51. The summed E-state index contributed by atoms with van der Waals surface area (Å²) in [6, 6.07) is 12.6. The van der Waals surface area contributed by atoms with Gasteiger partial charge >= 0.3 is 0 Å². The standard InChI is InChI=1S/C16H19N3O2/c1-10(15(17)20)19-16(21)11(2)18-14-9-5-7-12-6-3-4-8-13(12)14/h3-11,18H,1-2H3,(H2,17,20)(H,19,21)/t10-,11-/m0/s1. The van der Waals surface area contributed by atoms with Crippen LogP contribution in [-0.4, -0.2) is 23.9 Å². The molecule has 0 heterocycles. The number of nitrogens with two attached hydrogens (primary N) is 1. The highest BCUT2D eigenvalue weighted by atomic mass is 16.2. The van der Waals surface area contributed by atoms with E-state index in [0.717, 1.165) is 16.5 Å². The van der Waals surface area contributed by atoms with Crippen LogP contribution in [0, 0.1) is 0 Å². The van der Waals surface area contributed by atoms with Crippen LogP contribution in [0.15, 0.2) is 42.5 Å². The Bertz CT molecular complexity index is 664. The molecule has 2 aromatic rings. The number of nitrogens with one attached hydrogen (secondary N) is 2. The first kappa shape index (κ1) is 14.8. The van der Waals surface area contributed by atoms with Gasteiger partial charge in [0.15, 0.2) is 0 Å². The molecule has 5 nitrogen and oxygen atoms in total. The Morgan fingerprint density at radius 2 is 1.67 bits per heavy atom. The molecule has 0 saturated heterocycles. The minimum atomic E-state index is -0.686. The highest BCUT2D eigenvalue weighted by Crippen LogP contribution is 2.23. The molecule has 5 heteroatoms. The number of fused-ring (bicyclic) bond motifs is 1. The summed E-state index contributed by atoms with van der Waals surface area (Å²) in [7, 11) is 0. The molecule has 0 aliphatic carbocycles. The second-order valence-electron chi connectivity index (χ2n) is 5.03. The zero-order chi connectivity index (χ0) is 15.4. The molecule has 21 heavy (non-hydrogen) atoms. The molecule has 0 spiro atoms. The molecule has 0 saturated carbocycles. The van der Waals surface area contributed by atoms with E-state index in [2.05, 4.69) is 10.6 Å². The number of anilines is 1. The molecule has 4 N–H and O–H groups in total. The molecule has 0 fully saturated rings. The van der Waals surface area contributed by atoms with Crippen molar-refractivity contribution < 1.29 is 9.59 Å². The minimum Gasteiger partial charge on any atom is -0.373 e. The molecule has 0 radical (unpaired) electrons. The van der Waals surface area contributed by atoms with Crippen LogP contribution in [0.4, 0.5) is 5.69 Å². The summed E-state index contributed by atoms with van der Waals surface area (Å²) in [5, 5.41) is 7.88. The summed E-state index contributed by atoms with van der Waals surface area (Å²) < 4.78 is 0. The summed E-state index contributed by atoms with van der Waals surface area (Å²) in [6.07, 6.45) is 0. The van der Waals surface area contributed by atoms with Crippen molar-refractivity contribution in [2.24, 2.45) is 5.73 Å². The molecule has 0 aromatic heterocycles. The molecular weight excluding hydrogens is 266 g/mol. The van der Waals surface area contributed by atoms with E-state index < -0.39 is 18.0 Å². The average Bonchev–Trinajstić information content (AvgIpc) is 2.47. The largest absolute Gasteiger partial charge is 0.373 e. The number of hydrogen-bond donors (Lipinski definition) is 3. The third-order valence-corrected chi connectivity index (χ3v) is 3.34. The van der Waals surface area contributed by atoms with Crippen LogP contribution in [0.3, 0.4) is 0 Å². The highest BCUT2D eigenvalue weighted by Gasteiger charge is 2.18. The van der Waals surface area contributed by atoms with Gasteiger partial charge in [0, 0.05) is 11.1 Å². The molecule has 2 aromatic carbocycles. The van der Waals surface area contributed by atoms with Crippen LogP contribution in [-0.2, 0) is 9.59 Å². The first-order valence-corrected chi connectivity index (χ1v) is 6.83. The Labute approximate surface area is 123 Å². The van der Waals surface area contributed by atoms with Gasteiger partial charge in [-0.2, -0.15) is 0 Å². The summed E-state index contributed by atoms with van der Waals surface area (Å²) in [4.78, 5) is 23.0. The van der Waals surface area contributed by atoms with Crippen LogP contribution in [0.1, 0.15) is 13.8 Å². The summed E-state index contributed by atoms with van der Waals surface area (Å²) in [5.41, 5.74) is 6.01. The monoisotopic (exact) mass is 285 g/mol. The first-order chi connectivity index (χ1) is 9.99. The first-order valence-electron chi connectivity index (χ1n) is 6.83. The van der Waals surface area contributed by atoms with E-state index in [4.69, 9.17) is 5.73 Å². The number of rotatable bonds is 5. The van der Waals surface area contributed by atoms with Crippen molar-refractivity contribution in [1.29, 1.82) is 0 Å². The smallest absolute Gasteiger partial charge is 0.242 e. The second kappa shape index (κ2) is 6.26. The van der Waals surface area contributed by atoms with E-state index in [0.29, 0.717) is 0 Å². The molecule has 0 aliphatic rings. The van der Waals surface area contributed by atoms with Crippen LogP contribution in [0.25, 0.3) is 10.8 Å². The molecule has 2 amide bonds. The van der Waals surface area contributed by atoms with E-state index >= 15 is 0 Å². The number of amides is 2. The minimum absolute atomic E-state index is 0.269. The maximum atomic E-state index is 12.0. The fraction of sp³-hybridized carbons (Fsp3) is 0.250. The van der Waals surface area contributed by atoms with Crippen LogP contribution >= 0.6 is 0 Å². The fourth-order valence-corrected chi connectivity index (χ4v) is 2.06. The molecule has 0 unspecified atom stereocenters. The van der Waals surface area contributed by atoms with Crippen LogP contribution in [0.2, 0.25) is 0 Å². The quantitative estimate of drug-likeness (QED) is 0.780. The zero-order valence-electron chi connectivity index (χ0n) is 12.1. The van der Waals surface area contributed by atoms with Crippen molar-refractivity contribution >= 4 is 28.3 Å². The molecule has 110 valence electrons. The normalized spacial score (nSPS) is 13.4. The van der Waals surface area contributed by atoms with Crippen molar-refractivity contribution in [3.8, 4) is 0 Å². The molecule has 2 rings (SSSR count). The fourth-order valence-electron chi connectivity index (χ4n) is 2.06. The number of benzene rings is 2. The van der Waals surface area contributed by atoms with Crippen molar-refractivity contribution in [2.45, 2.75) is 25.9 Å². The number of primary amides is 1. The van der Waals surface area contributed by atoms with Gasteiger partial charge in [0.1, 0.15) is 12.1 Å². The predicted molar refractivity (Wildman–Crippen MR) is 83.8 cm³/mol. The Morgan fingerprint density at radius 1 is 1.00 bits per heavy atom. The Morgan fingerprint density at radius 3 is 2.38 bits per heavy atom. The summed E-state index contributed by atoms with van der Waals surface area (Å²) in [5.74, 6) is -0.824. The van der Waals surface area contributed by atoms with Crippen LogP contribution < -0.4 is 16.4 Å². The van der Waals surface area contributed by atoms with Gasteiger partial charge in [0.05, 0.1) is 0 Å². The van der Waals surface area contributed by atoms with Crippen molar-refractivity contribution in [2.75, 3.05) is 5.32 Å². The molecule has 0 aliphatic heterocycles. The van der Waals surface area contributed by atoms with Crippen molar-refractivity contribution in [3.63, 3.8) is 0 Å². The second-order valence-corrected chi connectivity index (χ2v) is 5.03. The Kier molecular flexibility index (Phi) is 4.42. The molecule has 2 atom stereocenters. The number of carbonyl (C=O) groups excluding carboxylic acids is 2. The maximum Gasteiger partial charge on any atom is 0.242 e. The van der Waals surface area contributed by atoms with Gasteiger partial charge in [-0.1, -0.05) is 36.4 Å². The van der Waals surface area contributed by atoms with Gasteiger partial charge in [0.25, 0.3) is 0 Å². The maximum absolute atomic E-state index is 12.0. The average molecular weight is 285 g/mol. The zero-order valence-corrected chi connectivity index (χ0v) is 12.1. The third-order valence-electron chi connectivity index (χ3n) is 3.34. The van der Waals surface area contributed by atoms with Crippen molar-refractivity contribution in [1.82, 2.24) is 5.32 Å². The number of hydrogen-bond acceptors (Lipinski definition) is 3. The summed E-state index contributed by atoms with van der Waals surface area (Å²) >= 11 is 0. The Hall–Kier alpha value is -2.56. The lowest BCUT2D eigenvalue weighted by atomic mass is 10.1. The van der Waals surface area contributed by atoms with E-state index in [1.807, 2.05) is 42.5 Å². The van der Waals surface area contributed by atoms with E-state index in [-0.39, 0.29) is 5.91 Å². The van der Waals surface area contributed by atoms with E-state index in [1.54, 1.807) is 13.8 Å². The lowest BCUT2D eigenvalue weighted by Gasteiger charge is -2.18.